The summed E-state index contributed by atoms with van der Waals surface area (Å²) in [5.41, 5.74) is 0.997. The van der Waals surface area contributed by atoms with Crippen LogP contribution in [0.2, 0.25) is 0 Å². The Bertz CT molecular complexity index is 363. The van der Waals surface area contributed by atoms with Crippen LogP contribution >= 0.6 is 0 Å². The van der Waals surface area contributed by atoms with E-state index in [0.717, 1.165) is 24.8 Å². The number of benzene rings is 1. The Morgan fingerprint density at radius 1 is 1.28 bits per heavy atom. The summed E-state index contributed by atoms with van der Waals surface area (Å²) in [4.78, 5) is 2.59. The van der Waals surface area contributed by atoms with E-state index in [9.17, 15) is 4.39 Å². The van der Waals surface area contributed by atoms with Crippen LogP contribution in [0.4, 0.5) is 10.1 Å². The van der Waals surface area contributed by atoms with Gasteiger partial charge in [-0.3, -0.25) is 4.90 Å². The highest BCUT2D eigenvalue weighted by Crippen LogP contribution is 2.25. The lowest BCUT2D eigenvalue weighted by Crippen LogP contribution is -2.37. The van der Waals surface area contributed by atoms with Crippen LogP contribution in [0.25, 0.3) is 0 Å². The van der Waals surface area contributed by atoms with Crippen molar-refractivity contribution in [3.05, 3.63) is 30.1 Å². The fourth-order valence-corrected chi connectivity index (χ4v) is 2.86. The van der Waals surface area contributed by atoms with Crippen molar-refractivity contribution in [2.75, 3.05) is 18.4 Å². The zero-order valence-electron chi connectivity index (χ0n) is 11.3. The van der Waals surface area contributed by atoms with Crippen molar-refractivity contribution in [3.63, 3.8) is 0 Å². The topological polar surface area (TPSA) is 15.3 Å². The van der Waals surface area contributed by atoms with Gasteiger partial charge in [0.2, 0.25) is 0 Å². The van der Waals surface area contributed by atoms with E-state index in [1.165, 1.54) is 31.4 Å². The van der Waals surface area contributed by atoms with E-state index in [0.29, 0.717) is 6.04 Å². The number of anilines is 1. The lowest BCUT2D eigenvalue weighted by molar-refractivity contribution is 0.207. The lowest BCUT2D eigenvalue weighted by atomic mass is 10.1. The maximum Gasteiger partial charge on any atom is 0.123 e. The number of halogens is 1. The third kappa shape index (κ3) is 3.22. The number of likely N-dealkylation sites (tertiary alicyclic amines) is 1. The molecule has 100 valence electrons. The first-order chi connectivity index (χ1) is 8.70. The molecule has 1 saturated heterocycles. The van der Waals surface area contributed by atoms with Gasteiger partial charge in [0.25, 0.3) is 0 Å². The first-order valence-corrected chi connectivity index (χ1v) is 6.96. The summed E-state index contributed by atoms with van der Waals surface area (Å²) >= 11 is 0. The van der Waals surface area contributed by atoms with E-state index in [-0.39, 0.29) is 5.82 Å². The van der Waals surface area contributed by atoms with Gasteiger partial charge in [-0.1, -0.05) is 6.92 Å². The number of nitrogens with zero attached hydrogens (tertiary/aromatic N) is 1. The van der Waals surface area contributed by atoms with Gasteiger partial charge in [0, 0.05) is 30.9 Å². The molecule has 2 rings (SSSR count). The predicted octanol–water partition coefficient (Wildman–Crippen LogP) is 3.50. The molecule has 1 aliphatic rings. The van der Waals surface area contributed by atoms with Crippen molar-refractivity contribution >= 4 is 5.69 Å². The molecule has 1 fully saturated rings. The summed E-state index contributed by atoms with van der Waals surface area (Å²) in [6.45, 7) is 6.57. The van der Waals surface area contributed by atoms with Gasteiger partial charge in [-0.2, -0.15) is 0 Å². The van der Waals surface area contributed by atoms with Gasteiger partial charge < -0.3 is 5.32 Å². The van der Waals surface area contributed by atoms with Crippen LogP contribution in [0.5, 0.6) is 0 Å². The maximum atomic E-state index is 12.8. The number of hydrogen-bond acceptors (Lipinski definition) is 2. The number of rotatable bonds is 5. The van der Waals surface area contributed by atoms with E-state index in [1.54, 1.807) is 12.1 Å². The van der Waals surface area contributed by atoms with Crippen molar-refractivity contribution in [1.29, 1.82) is 0 Å². The Labute approximate surface area is 109 Å². The summed E-state index contributed by atoms with van der Waals surface area (Å²) in [5.74, 6) is -0.181. The van der Waals surface area contributed by atoms with Crippen molar-refractivity contribution in [3.8, 4) is 0 Å². The fraction of sp³-hybridized carbons (Fsp3) is 0.600. The summed E-state index contributed by atoms with van der Waals surface area (Å²) in [5, 5.41) is 3.36. The second-order valence-corrected chi connectivity index (χ2v) is 5.16. The third-order valence-electron chi connectivity index (χ3n) is 3.97. The molecule has 3 heteroatoms. The number of nitrogens with one attached hydrogen (secondary N) is 1. The van der Waals surface area contributed by atoms with Crippen LogP contribution in [-0.4, -0.2) is 30.1 Å². The van der Waals surface area contributed by atoms with E-state index in [1.807, 2.05) is 0 Å². The minimum absolute atomic E-state index is 0.181. The highest BCUT2D eigenvalue weighted by Gasteiger charge is 2.28. The molecule has 2 nitrogen and oxygen atoms in total. The van der Waals surface area contributed by atoms with Crippen LogP contribution in [0, 0.1) is 5.82 Å². The monoisotopic (exact) mass is 250 g/mol. The summed E-state index contributed by atoms with van der Waals surface area (Å²) in [6.07, 6.45) is 3.88. The molecule has 2 atom stereocenters. The van der Waals surface area contributed by atoms with Gasteiger partial charge in [-0.05, 0) is 50.5 Å². The average Bonchev–Trinajstić information content (AvgIpc) is 2.73. The van der Waals surface area contributed by atoms with E-state index in [4.69, 9.17) is 0 Å². The van der Waals surface area contributed by atoms with Crippen LogP contribution in [0.1, 0.15) is 33.1 Å². The Morgan fingerprint density at radius 3 is 2.67 bits per heavy atom. The minimum atomic E-state index is -0.181. The van der Waals surface area contributed by atoms with Crippen LogP contribution in [0.3, 0.4) is 0 Å². The molecule has 0 aromatic heterocycles. The predicted molar refractivity (Wildman–Crippen MR) is 74.4 cm³/mol. The van der Waals surface area contributed by atoms with Crippen molar-refractivity contribution in [2.24, 2.45) is 0 Å². The standard InChI is InChI=1S/C15H23FN2/c1-3-15-9-4-12(2)18(15)11-10-17-14-7-5-13(16)6-8-14/h5-8,12,15,17H,3-4,9-11H2,1-2H3. The van der Waals surface area contributed by atoms with Gasteiger partial charge in [-0.15, -0.1) is 0 Å². The van der Waals surface area contributed by atoms with Crippen molar-refractivity contribution in [2.45, 2.75) is 45.2 Å². The Hall–Kier alpha value is -1.09. The average molecular weight is 250 g/mol. The molecule has 1 heterocycles. The Kier molecular flexibility index (Phi) is 4.59. The molecule has 0 bridgehead atoms. The van der Waals surface area contributed by atoms with Crippen molar-refractivity contribution < 1.29 is 4.39 Å². The normalized spacial score (nSPS) is 24.4. The lowest BCUT2D eigenvalue weighted by Gasteiger charge is -2.27. The molecule has 0 spiro atoms. The molecule has 1 aliphatic heterocycles. The van der Waals surface area contributed by atoms with Gasteiger partial charge in [0.05, 0.1) is 0 Å². The smallest absolute Gasteiger partial charge is 0.123 e. The Morgan fingerprint density at radius 2 is 2.00 bits per heavy atom. The molecular formula is C15H23FN2. The molecule has 0 radical (unpaired) electrons. The van der Waals surface area contributed by atoms with Crippen LogP contribution in [-0.2, 0) is 0 Å². The van der Waals surface area contributed by atoms with E-state index in [2.05, 4.69) is 24.1 Å². The third-order valence-corrected chi connectivity index (χ3v) is 3.97. The Balaban J connectivity index is 1.79. The van der Waals surface area contributed by atoms with Gasteiger partial charge >= 0.3 is 0 Å². The first kappa shape index (κ1) is 13.3. The highest BCUT2D eigenvalue weighted by molar-refractivity contribution is 5.42. The quantitative estimate of drug-likeness (QED) is 0.860. The molecule has 18 heavy (non-hydrogen) atoms. The number of hydrogen-bond donors (Lipinski definition) is 1. The highest BCUT2D eigenvalue weighted by atomic mass is 19.1. The molecule has 1 aromatic rings. The second-order valence-electron chi connectivity index (χ2n) is 5.16. The first-order valence-electron chi connectivity index (χ1n) is 6.96. The van der Waals surface area contributed by atoms with Gasteiger partial charge in [0.1, 0.15) is 5.82 Å². The molecule has 0 saturated carbocycles. The molecule has 0 amide bonds. The largest absolute Gasteiger partial charge is 0.384 e. The van der Waals surface area contributed by atoms with Gasteiger partial charge in [-0.25, -0.2) is 4.39 Å². The van der Waals surface area contributed by atoms with Crippen LogP contribution < -0.4 is 5.32 Å². The maximum absolute atomic E-state index is 12.8. The SMILES string of the molecule is CCC1CCC(C)N1CCNc1ccc(F)cc1. The summed E-state index contributed by atoms with van der Waals surface area (Å²) in [7, 11) is 0. The summed E-state index contributed by atoms with van der Waals surface area (Å²) < 4.78 is 12.8. The zero-order chi connectivity index (χ0) is 13.0. The van der Waals surface area contributed by atoms with Gasteiger partial charge in [0.15, 0.2) is 0 Å². The van der Waals surface area contributed by atoms with E-state index < -0.39 is 0 Å². The molecule has 1 aromatic carbocycles. The molecule has 1 N–H and O–H groups in total. The van der Waals surface area contributed by atoms with Crippen LogP contribution in [0.15, 0.2) is 24.3 Å². The summed E-state index contributed by atoms with van der Waals surface area (Å²) in [6, 6.07) is 8.02. The molecule has 2 unspecified atom stereocenters. The zero-order valence-corrected chi connectivity index (χ0v) is 11.3. The molecular weight excluding hydrogens is 227 g/mol. The van der Waals surface area contributed by atoms with E-state index >= 15 is 0 Å². The van der Waals surface area contributed by atoms with Crippen molar-refractivity contribution in [1.82, 2.24) is 4.90 Å². The minimum Gasteiger partial charge on any atom is -0.384 e. The fourth-order valence-electron chi connectivity index (χ4n) is 2.86. The second kappa shape index (κ2) is 6.19. The molecule has 0 aliphatic carbocycles.